The molecule has 0 radical (unpaired) electrons. The van der Waals surface area contributed by atoms with Crippen LogP contribution in [0.15, 0.2) is 23.4 Å². The first-order valence-electron chi connectivity index (χ1n) is 8.42. The first-order chi connectivity index (χ1) is 11.3. The van der Waals surface area contributed by atoms with Crippen molar-refractivity contribution in [1.29, 1.82) is 5.41 Å². The number of nitrogens with two attached hydrogens (primary N) is 1. The lowest BCUT2D eigenvalue weighted by Crippen LogP contribution is -2.22. The van der Waals surface area contributed by atoms with Gasteiger partial charge >= 0.3 is 0 Å². The highest BCUT2D eigenvalue weighted by molar-refractivity contribution is 5.73. The van der Waals surface area contributed by atoms with Gasteiger partial charge in [0.05, 0.1) is 5.69 Å². The van der Waals surface area contributed by atoms with Crippen LogP contribution in [0.1, 0.15) is 31.5 Å². The van der Waals surface area contributed by atoms with Crippen molar-refractivity contribution < 1.29 is 0 Å². The summed E-state index contributed by atoms with van der Waals surface area (Å²) < 4.78 is 0. The standard InChI is InChI=1S/C19H29N5/c1-13-7-9-24(12-13)18-11-19(23(4)5)22-17(15(18)3)10-14(2)16(21)6-8-20/h6,8,10-11,13,20H,7,9,12,21H2,1-5H3/b14-10+,16-6-,20-8?. The van der Waals surface area contributed by atoms with Crippen molar-refractivity contribution >= 4 is 23.8 Å². The highest BCUT2D eigenvalue weighted by atomic mass is 15.2. The molecule has 2 heterocycles. The zero-order chi connectivity index (χ0) is 17.9. The van der Waals surface area contributed by atoms with Gasteiger partial charge in [-0.3, -0.25) is 0 Å². The summed E-state index contributed by atoms with van der Waals surface area (Å²) in [6, 6.07) is 2.18. The van der Waals surface area contributed by atoms with Gasteiger partial charge in [-0.05, 0) is 49.5 Å². The first-order valence-corrected chi connectivity index (χ1v) is 8.42. The van der Waals surface area contributed by atoms with Crippen molar-refractivity contribution in [2.24, 2.45) is 11.7 Å². The molecule has 5 heteroatoms. The Balaban J connectivity index is 2.51. The molecule has 1 aliphatic rings. The molecule has 1 aliphatic heterocycles. The second-order valence-electron chi connectivity index (χ2n) is 6.86. The van der Waals surface area contributed by atoms with E-state index >= 15 is 0 Å². The number of aromatic nitrogens is 1. The Morgan fingerprint density at radius 1 is 1.46 bits per heavy atom. The third-order valence-electron chi connectivity index (χ3n) is 4.56. The van der Waals surface area contributed by atoms with Gasteiger partial charge < -0.3 is 20.9 Å². The van der Waals surface area contributed by atoms with E-state index in [1.165, 1.54) is 23.9 Å². The van der Waals surface area contributed by atoms with Crippen molar-refractivity contribution in [3.63, 3.8) is 0 Å². The van der Waals surface area contributed by atoms with Crippen LogP contribution < -0.4 is 15.5 Å². The van der Waals surface area contributed by atoms with Crippen LogP contribution in [0.25, 0.3) is 6.08 Å². The van der Waals surface area contributed by atoms with Crippen molar-refractivity contribution in [2.75, 3.05) is 37.0 Å². The quantitative estimate of drug-likeness (QED) is 0.644. The van der Waals surface area contributed by atoms with Gasteiger partial charge in [0.2, 0.25) is 0 Å². The summed E-state index contributed by atoms with van der Waals surface area (Å²) in [6.45, 7) is 8.57. The van der Waals surface area contributed by atoms with E-state index in [2.05, 4.69) is 24.8 Å². The van der Waals surface area contributed by atoms with Gasteiger partial charge in [0.25, 0.3) is 0 Å². The Bertz CT molecular complexity index is 673. The van der Waals surface area contributed by atoms with Crippen molar-refractivity contribution in [3.05, 3.63) is 34.7 Å². The predicted molar refractivity (Wildman–Crippen MR) is 104 cm³/mol. The molecule has 5 nitrogen and oxygen atoms in total. The number of pyridine rings is 1. The van der Waals surface area contributed by atoms with Crippen LogP contribution in [0.4, 0.5) is 11.5 Å². The molecule has 0 spiro atoms. The van der Waals surface area contributed by atoms with Crippen LogP contribution in [0.5, 0.6) is 0 Å². The third-order valence-corrected chi connectivity index (χ3v) is 4.56. The molecule has 1 fully saturated rings. The van der Waals surface area contributed by atoms with Gasteiger partial charge in [0.15, 0.2) is 0 Å². The normalized spacial score (nSPS) is 18.9. The van der Waals surface area contributed by atoms with Gasteiger partial charge in [-0.1, -0.05) is 6.92 Å². The monoisotopic (exact) mass is 327 g/mol. The third kappa shape index (κ3) is 3.96. The molecular formula is C19H29N5. The highest BCUT2D eigenvalue weighted by Gasteiger charge is 2.22. The molecule has 2 rings (SSSR count). The number of anilines is 2. The summed E-state index contributed by atoms with van der Waals surface area (Å²) in [4.78, 5) is 9.28. The fourth-order valence-corrected chi connectivity index (χ4v) is 2.96. The fourth-order valence-electron chi connectivity index (χ4n) is 2.96. The molecule has 1 aromatic heterocycles. The number of hydrogen-bond acceptors (Lipinski definition) is 5. The Morgan fingerprint density at radius 3 is 2.71 bits per heavy atom. The molecule has 1 atom stereocenters. The zero-order valence-corrected chi connectivity index (χ0v) is 15.4. The molecule has 0 saturated carbocycles. The number of rotatable bonds is 5. The van der Waals surface area contributed by atoms with E-state index in [9.17, 15) is 0 Å². The van der Waals surface area contributed by atoms with Gasteiger partial charge in [0.1, 0.15) is 5.82 Å². The first kappa shape index (κ1) is 18.0. The number of allylic oxidation sites excluding steroid dienone is 2. The molecular weight excluding hydrogens is 298 g/mol. The van der Waals surface area contributed by atoms with Crippen LogP contribution in [-0.2, 0) is 0 Å². The zero-order valence-electron chi connectivity index (χ0n) is 15.4. The van der Waals surface area contributed by atoms with Crippen LogP contribution in [0.2, 0.25) is 0 Å². The fraction of sp³-hybridized carbons (Fsp3) is 0.474. The van der Waals surface area contributed by atoms with Crippen molar-refractivity contribution in [2.45, 2.75) is 27.2 Å². The maximum Gasteiger partial charge on any atom is 0.130 e. The molecule has 1 saturated heterocycles. The highest BCUT2D eigenvalue weighted by Crippen LogP contribution is 2.32. The Morgan fingerprint density at radius 2 is 2.17 bits per heavy atom. The summed E-state index contributed by atoms with van der Waals surface area (Å²) in [7, 11) is 4.02. The molecule has 0 bridgehead atoms. The average Bonchev–Trinajstić information content (AvgIpc) is 2.95. The molecule has 0 aliphatic carbocycles. The summed E-state index contributed by atoms with van der Waals surface area (Å²) in [6.07, 6.45) is 6.05. The maximum absolute atomic E-state index is 7.17. The van der Waals surface area contributed by atoms with Gasteiger partial charge in [0, 0.05) is 50.9 Å². The molecule has 1 aromatic rings. The number of hydrogen-bond donors (Lipinski definition) is 2. The molecule has 3 N–H and O–H groups in total. The Hall–Kier alpha value is -2.30. The summed E-state index contributed by atoms with van der Waals surface area (Å²) in [5.41, 5.74) is 10.9. The lowest BCUT2D eigenvalue weighted by molar-refractivity contribution is 0.659. The SMILES string of the molecule is CC(=C\c1nc(N(C)C)cc(N2CCC(C)C2)c1C)/C(N)=C/C=N. The molecule has 0 amide bonds. The second-order valence-corrected chi connectivity index (χ2v) is 6.86. The Labute approximate surface area is 145 Å². The van der Waals surface area contributed by atoms with E-state index in [4.69, 9.17) is 16.1 Å². The van der Waals surface area contributed by atoms with Crippen LogP contribution in [0, 0.1) is 18.3 Å². The van der Waals surface area contributed by atoms with Gasteiger partial charge in [-0.25, -0.2) is 4.98 Å². The van der Waals surface area contributed by atoms with Crippen LogP contribution in [0.3, 0.4) is 0 Å². The largest absolute Gasteiger partial charge is 0.398 e. The number of nitrogens with one attached hydrogen (secondary N) is 1. The summed E-state index contributed by atoms with van der Waals surface area (Å²) in [5.74, 6) is 1.68. The molecule has 24 heavy (non-hydrogen) atoms. The molecule has 1 unspecified atom stereocenters. The molecule has 0 aromatic carbocycles. The van der Waals surface area contributed by atoms with E-state index in [0.717, 1.165) is 36.1 Å². The second kappa shape index (κ2) is 7.51. The minimum Gasteiger partial charge on any atom is -0.398 e. The van der Waals surface area contributed by atoms with Crippen LogP contribution >= 0.6 is 0 Å². The topological polar surface area (TPSA) is 69.2 Å². The van der Waals surface area contributed by atoms with E-state index in [0.29, 0.717) is 5.70 Å². The molecule has 130 valence electrons. The predicted octanol–water partition coefficient (Wildman–Crippen LogP) is 3.20. The van der Waals surface area contributed by atoms with Crippen molar-refractivity contribution in [3.8, 4) is 0 Å². The summed E-state index contributed by atoms with van der Waals surface area (Å²) >= 11 is 0. The number of nitrogens with zero attached hydrogens (tertiary/aromatic N) is 3. The minimum atomic E-state index is 0.595. The van der Waals surface area contributed by atoms with Crippen molar-refractivity contribution in [1.82, 2.24) is 4.98 Å². The smallest absolute Gasteiger partial charge is 0.130 e. The lowest BCUT2D eigenvalue weighted by Gasteiger charge is -2.24. The average molecular weight is 327 g/mol. The maximum atomic E-state index is 7.17. The van der Waals surface area contributed by atoms with Crippen LogP contribution in [-0.4, -0.2) is 38.4 Å². The van der Waals surface area contributed by atoms with E-state index in [1.807, 2.05) is 32.0 Å². The minimum absolute atomic E-state index is 0.595. The summed E-state index contributed by atoms with van der Waals surface area (Å²) in [5, 5.41) is 7.17. The Kier molecular flexibility index (Phi) is 5.65. The van der Waals surface area contributed by atoms with Gasteiger partial charge in [-0.15, -0.1) is 0 Å². The lowest BCUT2D eigenvalue weighted by atomic mass is 10.1. The van der Waals surface area contributed by atoms with Gasteiger partial charge in [-0.2, -0.15) is 0 Å². The van der Waals surface area contributed by atoms with E-state index < -0.39 is 0 Å². The van der Waals surface area contributed by atoms with E-state index in [1.54, 1.807) is 6.08 Å². The van der Waals surface area contributed by atoms with E-state index in [-0.39, 0.29) is 0 Å².